The molecule has 0 radical (unpaired) electrons. The number of benzene rings is 1. The van der Waals surface area contributed by atoms with Crippen LogP contribution in [0.1, 0.15) is 30.9 Å². The molecule has 0 spiro atoms. The van der Waals surface area contributed by atoms with Gasteiger partial charge in [0.25, 0.3) is 0 Å². The van der Waals surface area contributed by atoms with Crippen LogP contribution in [-0.2, 0) is 0 Å². The number of hydrogen-bond donors (Lipinski definition) is 1. The Morgan fingerprint density at radius 1 is 1.47 bits per heavy atom. The summed E-state index contributed by atoms with van der Waals surface area (Å²) in [5.74, 6) is 0.784. The van der Waals surface area contributed by atoms with Crippen LogP contribution in [0.5, 0.6) is 0 Å². The monoisotopic (exact) mass is 287 g/mol. The summed E-state index contributed by atoms with van der Waals surface area (Å²) in [5, 5.41) is 4.19. The molecule has 1 nitrogen and oxygen atoms in total. The minimum atomic E-state index is 0.462. The van der Waals surface area contributed by atoms with E-state index in [2.05, 4.69) is 33.4 Å². The summed E-state index contributed by atoms with van der Waals surface area (Å²) >= 11 is 9.52. The van der Waals surface area contributed by atoms with E-state index < -0.39 is 0 Å². The average molecular weight is 289 g/mol. The van der Waals surface area contributed by atoms with Crippen LogP contribution in [0.25, 0.3) is 0 Å². The van der Waals surface area contributed by atoms with Crippen LogP contribution in [0, 0.1) is 5.92 Å². The summed E-state index contributed by atoms with van der Waals surface area (Å²) < 4.78 is 0.969. The van der Waals surface area contributed by atoms with Gasteiger partial charge in [-0.1, -0.05) is 24.1 Å². The van der Waals surface area contributed by atoms with Crippen LogP contribution in [0.4, 0.5) is 0 Å². The third kappa shape index (κ3) is 2.38. The maximum absolute atomic E-state index is 6.11. The first-order valence-corrected chi connectivity index (χ1v) is 6.51. The lowest BCUT2D eigenvalue weighted by Gasteiger charge is -2.34. The number of rotatable bonds is 3. The Kier molecular flexibility index (Phi) is 3.70. The molecule has 15 heavy (non-hydrogen) atoms. The van der Waals surface area contributed by atoms with Gasteiger partial charge in [-0.2, -0.15) is 0 Å². The summed E-state index contributed by atoms with van der Waals surface area (Å²) in [6, 6.07) is 6.70. The highest BCUT2D eigenvalue weighted by atomic mass is 79.9. The third-order valence-corrected chi connectivity index (χ3v) is 4.47. The highest BCUT2D eigenvalue weighted by molar-refractivity contribution is 9.10. The van der Waals surface area contributed by atoms with E-state index in [0.717, 1.165) is 15.4 Å². The fourth-order valence-electron chi connectivity index (χ4n) is 2.15. The molecule has 0 amide bonds. The lowest BCUT2D eigenvalue weighted by molar-refractivity contribution is 0.239. The molecule has 2 rings (SSSR count). The molecule has 1 unspecified atom stereocenters. The fourth-order valence-corrected chi connectivity index (χ4v) is 2.59. The molecule has 1 saturated carbocycles. The molecular formula is C12H15BrClN. The van der Waals surface area contributed by atoms with Crippen molar-refractivity contribution in [3.8, 4) is 0 Å². The van der Waals surface area contributed by atoms with Crippen LogP contribution in [0.2, 0.25) is 5.02 Å². The molecule has 0 bridgehead atoms. The topological polar surface area (TPSA) is 12.0 Å². The Morgan fingerprint density at radius 2 is 2.20 bits per heavy atom. The molecule has 0 saturated heterocycles. The molecule has 0 aromatic heterocycles. The third-order valence-electron chi connectivity index (χ3n) is 3.24. The highest BCUT2D eigenvalue weighted by Gasteiger charge is 2.27. The van der Waals surface area contributed by atoms with Crippen molar-refractivity contribution in [1.29, 1.82) is 0 Å². The number of halogens is 2. The Bertz CT molecular complexity index is 349. The maximum Gasteiger partial charge on any atom is 0.0551 e. The van der Waals surface area contributed by atoms with E-state index >= 15 is 0 Å². The normalized spacial score (nSPS) is 18.6. The van der Waals surface area contributed by atoms with Crippen molar-refractivity contribution in [1.82, 2.24) is 5.32 Å². The van der Waals surface area contributed by atoms with E-state index in [1.807, 2.05) is 13.1 Å². The summed E-state index contributed by atoms with van der Waals surface area (Å²) in [6.07, 6.45) is 4.03. The molecule has 1 aliphatic rings. The molecule has 0 heterocycles. The molecule has 1 fully saturated rings. The van der Waals surface area contributed by atoms with Gasteiger partial charge in [-0.25, -0.2) is 0 Å². The molecule has 1 N–H and O–H groups in total. The van der Waals surface area contributed by atoms with Gasteiger partial charge >= 0.3 is 0 Å². The zero-order valence-corrected chi connectivity index (χ0v) is 11.1. The second kappa shape index (κ2) is 4.86. The summed E-state index contributed by atoms with van der Waals surface area (Å²) in [5.41, 5.74) is 1.30. The lowest BCUT2D eigenvalue weighted by atomic mass is 9.77. The minimum Gasteiger partial charge on any atom is -0.313 e. The van der Waals surface area contributed by atoms with Crippen molar-refractivity contribution in [3.63, 3.8) is 0 Å². The first kappa shape index (κ1) is 11.4. The number of hydrogen-bond acceptors (Lipinski definition) is 1. The smallest absolute Gasteiger partial charge is 0.0551 e. The van der Waals surface area contributed by atoms with Gasteiger partial charge in [0, 0.05) is 10.5 Å². The largest absolute Gasteiger partial charge is 0.313 e. The standard InChI is InChI=1S/C12H15BrClN/c1-15-12(8-3-2-4-8)9-5-6-10(13)11(14)7-9/h5-8,12,15H,2-4H2,1H3. The van der Waals surface area contributed by atoms with Crippen LogP contribution in [0.3, 0.4) is 0 Å². The molecule has 1 atom stereocenters. The first-order valence-electron chi connectivity index (χ1n) is 5.34. The van der Waals surface area contributed by atoms with Gasteiger partial charge in [-0.05, 0) is 59.4 Å². The Balaban J connectivity index is 2.21. The minimum absolute atomic E-state index is 0.462. The van der Waals surface area contributed by atoms with Crippen molar-refractivity contribution < 1.29 is 0 Å². The van der Waals surface area contributed by atoms with Crippen molar-refractivity contribution in [3.05, 3.63) is 33.3 Å². The van der Waals surface area contributed by atoms with Gasteiger partial charge < -0.3 is 5.32 Å². The van der Waals surface area contributed by atoms with Crippen molar-refractivity contribution >= 4 is 27.5 Å². The lowest BCUT2D eigenvalue weighted by Crippen LogP contribution is -2.29. The van der Waals surface area contributed by atoms with E-state index in [9.17, 15) is 0 Å². The summed E-state index contributed by atoms with van der Waals surface area (Å²) in [7, 11) is 2.03. The van der Waals surface area contributed by atoms with Crippen LogP contribution in [-0.4, -0.2) is 7.05 Å². The SMILES string of the molecule is CNC(c1ccc(Br)c(Cl)c1)C1CCC1. The van der Waals surface area contributed by atoms with E-state index in [1.165, 1.54) is 24.8 Å². The van der Waals surface area contributed by atoms with Gasteiger partial charge in [0.15, 0.2) is 0 Å². The van der Waals surface area contributed by atoms with E-state index in [1.54, 1.807) is 0 Å². The van der Waals surface area contributed by atoms with E-state index in [-0.39, 0.29) is 0 Å². The highest BCUT2D eigenvalue weighted by Crippen LogP contribution is 2.38. The second-order valence-electron chi connectivity index (χ2n) is 4.13. The Labute approximate surface area is 104 Å². The van der Waals surface area contributed by atoms with E-state index in [0.29, 0.717) is 6.04 Å². The van der Waals surface area contributed by atoms with Gasteiger partial charge in [0.1, 0.15) is 0 Å². The molecule has 1 aliphatic carbocycles. The van der Waals surface area contributed by atoms with Crippen molar-refractivity contribution in [2.24, 2.45) is 5.92 Å². The fraction of sp³-hybridized carbons (Fsp3) is 0.500. The van der Waals surface area contributed by atoms with Gasteiger partial charge in [0.05, 0.1) is 5.02 Å². The second-order valence-corrected chi connectivity index (χ2v) is 5.39. The molecular weight excluding hydrogens is 273 g/mol. The van der Waals surface area contributed by atoms with Crippen LogP contribution >= 0.6 is 27.5 Å². The molecule has 0 aliphatic heterocycles. The summed E-state index contributed by atoms with van der Waals surface area (Å²) in [6.45, 7) is 0. The maximum atomic E-state index is 6.11. The molecule has 1 aromatic rings. The molecule has 3 heteroatoms. The molecule has 82 valence electrons. The molecule has 1 aromatic carbocycles. The Hall–Kier alpha value is -0.0500. The van der Waals surface area contributed by atoms with Gasteiger partial charge in [0.2, 0.25) is 0 Å². The predicted molar refractivity (Wildman–Crippen MR) is 68.3 cm³/mol. The first-order chi connectivity index (χ1) is 7.22. The van der Waals surface area contributed by atoms with Crippen molar-refractivity contribution in [2.45, 2.75) is 25.3 Å². The van der Waals surface area contributed by atoms with Gasteiger partial charge in [-0.15, -0.1) is 0 Å². The average Bonchev–Trinajstić information content (AvgIpc) is 2.16. The Morgan fingerprint density at radius 3 is 2.67 bits per heavy atom. The van der Waals surface area contributed by atoms with Crippen LogP contribution < -0.4 is 5.32 Å². The van der Waals surface area contributed by atoms with Gasteiger partial charge in [-0.3, -0.25) is 0 Å². The van der Waals surface area contributed by atoms with Crippen molar-refractivity contribution in [2.75, 3.05) is 7.05 Å². The zero-order valence-electron chi connectivity index (χ0n) is 8.76. The predicted octanol–water partition coefficient (Wildman–Crippen LogP) is 4.16. The zero-order chi connectivity index (χ0) is 10.8. The van der Waals surface area contributed by atoms with E-state index in [4.69, 9.17) is 11.6 Å². The number of nitrogens with one attached hydrogen (secondary N) is 1. The van der Waals surface area contributed by atoms with Crippen LogP contribution in [0.15, 0.2) is 22.7 Å². The quantitative estimate of drug-likeness (QED) is 0.880. The summed E-state index contributed by atoms with van der Waals surface area (Å²) in [4.78, 5) is 0.